The van der Waals surface area contributed by atoms with Gasteiger partial charge < -0.3 is 23.1 Å². The predicted octanol–water partition coefficient (Wildman–Crippen LogP) is 9.56. The van der Waals surface area contributed by atoms with Gasteiger partial charge in [0.2, 0.25) is 0 Å². The molecule has 0 saturated heterocycles. The van der Waals surface area contributed by atoms with Crippen molar-refractivity contribution in [2.75, 3.05) is 31.1 Å². The van der Waals surface area contributed by atoms with E-state index in [-0.39, 0.29) is 0 Å². The Morgan fingerprint density at radius 3 is 0.867 bits per heavy atom. The lowest BCUT2D eigenvalue weighted by Gasteiger charge is -2.30. The number of anilines is 6. The minimum atomic E-state index is -2.95. The van der Waals surface area contributed by atoms with E-state index in [0.717, 1.165) is 39.3 Å². The molecule has 0 unspecified atom stereocenters. The maximum Gasteiger partial charge on any atom is 0.536 e. The van der Waals surface area contributed by atoms with Gasteiger partial charge in [-0.25, -0.2) is 0 Å². The standard InChI is InChI=1S/C39H44N2O3Si/c1-27-18-28(2)22-36(21-27)40(35-14-16-39(17-15-35)45(42-7,43-8)44-9)33-10-12-34(13-11-33)41(37-23-29(3)19-30(4)24-37)38-25-31(5)20-32(6)26-38/h10-26H,1-9H3. The molecular weight excluding hydrogens is 573 g/mol. The summed E-state index contributed by atoms with van der Waals surface area (Å²) in [4.78, 5) is 4.64. The van der Waals surface area contributed by atoms with Crippen LogP contribution in [0, 0.1) is 41.5 Å². The van der Waals surface area contributed by atoms with E-state index in [1.54, 1.807) is 21.3 Å². The van der Waals surface area contributed by atoms with E-state index < -0.39 is 8.80 Å². The maximum absolute atomic E-state index is 5.74. The Hall–Kier alpha value is -4.20. The van der Waals surface area contributed by atoms with E-state index in [0.29, 0.717) is 0 Å². The lowest BCUT2D eigenvalue weighted by atomic mass is 10.1. The molecule has 0 radical (unpaired) electrons. The largest absolute Gasteiger partial charge is 0.536 e. The third-order valence-corrected chi connectivity index (χ3v) is 10.7. The highest BCUT2D eigenvalue weighted by Gasteiger charge is 2.40. The highest BCUT2D eigenvalue weighted by atomic mass is 28.4. The van der Waals surface area contributed by atoms with Crippen LogP contribution >= 0.6 is 0 Å². The molecule has 0 spiro atoms. The molecule has 0 fully saturated rings. The second kappa shape index (κ2) is 13.4. The second-order valence-electron chi connectivity index (χ2n) is 11.9. The van der Waals surface area contributed by atoms with Crippen molar-refractivity contribution < 1.29 is 13.3 Å². The summed E-state index contributed by atoms with van der Waals surface area (Å²) in [6, 6.07) is 37.3. The van der Waals surface area contributed by atoms with Gasteiger partial charge >= 0.3 is 8.80 Å². The summed E-state index contributed by atoms with van der Waals surface area (Å²) in [5.74, 6) is 0. The lowest BCUT2D eigenvalue weighted by Crippen LogP contribution is -2.54. The first-order valence-electron chi connectivity index (χ1n) is 15.3. The third kappa shape index (κ3) is 6.90. The van der Waals surface area contributed by atoms with Crippen molar-refractivity contribution in [3.05, 3.63) is 137 Å². The van der Waals surface area contributed by atoms with E-state index in [2.05, 4.69) is 142 Å². The highest BCUT2D eigenvalue weighted by molar-refractivity contribution is 6.75. The van der Waals surface area contributed by atoms with Crippen LogP contribution in [0.2, 0.25) is 0 Å². The quantitative estimate of drug-likeness (QED) is 0.146. The van der Waals surface area contributed by atoms with Crippen molar-refractivity contribution in [1.82, 2.24) is 0 Å². The molecule has 5 aromatic carbocycles. The summed E-state index contributed by atoms with van der Waals surface area (Å²) < 4.78 is 17.2. The van der Waals surface area contributed by atoms with E-state index >= 15 is 0 Å². The van der Waals surface area contributed by atoms with Gasteiger partial charge in [0, 0.05) is 60.6 Å². The fourth-order valence-corrected chi connectivity index (χ4v) is 8.08. The van der Waals surface area contributed by atoms with Gasteiger partial charge in [-0.1, -0.05) is 30.3 Å². The van der Waals surface area contributed by atoms with Gasteiger partial charge in [-0.3, -0.25) is 0 Å². The number of rotatable bonds is 10. The fourth-order valence-electron chi connectivity index (χ4n) is 6.30. The zero-order chi connectivity index (χ0) is 32.3. The predicted molar refractivity (Wildman–Crippen MR) is 191 cm³/mol. The highest BCUT2D eigenvalue weighted by Crippen LogP contribution is 2.40. The van der Waals surface area contributed by atoms with Gasteiger partial charge in [-0.05, 0) is 148 Å². The Balaban J connectivity index is 1.63. The van der Waals surface area contributed by atoms with Gasteiger partial charge in [0.1, 0.15) is 0 Å². The van der Waals surface area contributed by atoms with Gasteiger partial charge in [0.05, 0.1) is 0 Å². The minimum Gasteiger partial charge on any atom is -0.373 e. The Kier molecular flexibility index (Phi) is 9.61. The number of nitrogens with zero attached hydrogens (tertiary/aromatic N) is 2. The van der Waals surface area contributed by atoms with Gasteiger partial charge in [-0.2, -0.15) is 0 Å². The van der Waals surface area contributed by atoms with Crippen LogP contribution in [0.5, 0.6) is 0 Å². The van der Waals surface area contributed by atoms with Crippen LogP contribution in [0.1, 0.15) is 33.4 Å². The molecule has 5 rings (SSSR count). The first-order chi connectivity index (χ1) is 21.5. The summed E-state index contributed by atoms with van der Waals surface area (Å²) in [7, 11) is 1.95. The van der Waals surface area contributed by atoms with Crippen molar-refractivity contribution in [3.8, 4) is 0 Å². The molecule has 0 bridgehead atoms. The molecule has 5 nitrogen and oxygen atoms in total. The molecule has 0 aliphatic rings. The van der Waals surface area contributed by atoms with Crippen LogP contribution in [-0.2, 0) is 13.3 Å². The van der Waals surface area contributed by atoms with Crippen LogP contribution in [0.3, 0.4) is 0 Å². The molecule has 5 aromatic rings. The molecule has 45 heavy (non-hydrogen) atoms. The molecule has 0 heterocycles. The topological polar surface area (TPSA) is 34.2 Å². The zero-order valence-electron chi connectivity index (χ0n) is 27.9. The average Bonchev–Trinajstić information content (AvgIpc) is 2.99. The van der Waals surface area contributed by atoms with Crippen LogP contribution in [0.4, 0.5) is 34.1 Å². The Labute approximate surface area is 270 Å². The fraction of sp³-hybridized carbons (Fsp3) is 0.231. The minimum absolute atomic E-state index is 0.909. The Bertz CT molecular complexity index is 1660. The van der Waals surface area contributed by atoms with Gasteiger partial charge in [0.25, 0.3) is 0 Å². The van der Waals surface area contributed by atoms with Gasteiger partial charge in [0.15, 0.2) is 0 Å². The number of hydrogen-bond donors (Lipinski definition) is 0. The SMILES string of the molecule is CO[Si](OC)(OC)c1ccc(N(c2ccc(N(c3cc(C)cc(C)c3)c3cc(C)cc(C)c3)cc2)c2cc(C)cc(C)c2)cc1. The molecule has 0 amide bonds. The molecule has 0 atom stereocenters. The number of benzene rings is 5. The van der Waals surface area contributed by atoms with E-state index in [1.165, 1.54) is 33.4 Å². The van der Waals surface area contributed by atoms with Crippen LogP contribution < -0.4 is 15.0 Å². The summed E-state index contributed by atoms with van der Waals surface area (Å²) >= 11 is 0. The smallest absolute Gasteiger partial charge is 0.373 e. The molecule has 0 aliphatic carbocycles. The molecule has 0 aliphatic heterocycles. The van der Waals surface area contributed by atoms with Gasteiger partial charge in [-0.15, -0.1) is 0 Å². The molecule has 6 heteroatoms. The summed E-state index contributed by atoms with van der Waals surface area (Å²) in [6.45, 7) is 12.9. The number of hydrogen-bond acceptors (Lipinski definition) is 5. The van der Waals surface area contributed by atoms with Crippen LogP contribution in [-0.4, -0.2) is 30.1 Å². The molecule has 0 saturated carbocycles. The van der Waals surface area contributed by atoms with Crippen LogP contribution in [0.25, 0.3) is 0 Å². The van der Waals surface area contributed by atoms with Crippen molar-refractivity contribution >= 4 is 48.1 Å². The molecular formula is C39H44N2O3Si. The normalized spacial score (nSPS) is 11.5. The Morgan fingerprint density at radius 2 is 0.600 bits per heavy atom. The van der Waals surface area contributed by atoms with Crippen molar-refractivity contribution in [2.24, 2.45) is 0 Å². The summed E-state index contributed by atoms with van der Waals surface area (Å²) in [5.41, 5.74) is 14.0. The van der Waals surface area contributed by atoms with Crippen LogP contribution in [0.15, 0.2) is 103 Å². The molecule has 232 valence electrons. The zero-order valence-corrected chi connectivity index (χ0v) is 28.9. The molecule has 0 N–H and O–H groups in total. The average molecular weight is 617 g/mol. The lowest BCUT2D eigenvalue weighted by molar-refractivity contribution is 0.140. The van der Waals surface area contributed by atoms with E-state index in [9.17, 15) is 0 Å². The first kappa shape index (κ1) is 32.2. The van der Waals surface area contributed by atoms with Crippen molar-refractivity contribution in [1.29, 1.82) is 0 Å². The summed E-state index contributed by atoms with van der Waals surface area (Å²) in [5, 5.41) is 0.909. The number of aryl methyl sites for hydroxylation is 6. The Morgan fingerprint density at radius 1 is 0.356 bits per heavy atom. The van der Waals surface area contributed by atoms with Crippen molar-refractivity contribution in [2.45, 2.75) is 41.5 Å². The van der Waals surface area contributed by atoms with E-state index in [1.807, 2.05) is 12.1 Å². The monoisotopic (exact) mass is 616 g/mol. The van der Waals surface area contributed by atoms with Crippen molar-refractivity contribution in [3.63, 3.8) is 0 Å². The first-order valence-corrected chi connectivity index (χ1v) is 17.0. The second-order valence-corrected chi connectivity index (χ2v) is 14.9. The maximum atomic E-state index is 5.74. The summed E-state index contributed by atoms with van der Waals surface area (Å²) in [6.07, 6.45) is 0. The molecule has 0 aromatic heterocycles. The third-order valence-electron chi connectivity index (χ3n) is 8.05. The van der Waals surface area contributed by atoms with E-state index in [4.69, 9.17) is 13.3 Å².